The van der Waals surface area contributed by atoms with E-state index in [1.165, 1.54) is 6.07 Å². The molecular weight excluding hydrogens is 492 g/mol. The fraction of sp³-hybridized carbons (Fsp3) is 0.588. The molecule has 1 aliphatic rings. The van der Waals surface area contributed by atoms with E-state index in [-0.39, 0.29) is 59.8 Å². The molecule has 1 atom stereocenters. The molecule has 0 spiro atoms. The van der Waals surface area contributed by atoms with Crippen molar-refractivity contribution in [1.29, 1.82) is 0 Å². The molecular formula is C17H26ClFIN3O2S. The van der Waals surface area contributed by atoms with Crippen molar-refractivity contribution in [2.24, 2.45) is 10.9 Å². The Balaban J connectivity index is 0.00000338. The van der Waals surface area contributed by atoms with Crippen molar-refractivity contribution >= 4 is 51.4 Å². The molecule has 5 nitrogen and oxygen atoms in total. The van der Waals surface area contributed by atoms with E-state index >= 15 is 0 Å². The number of benzene rings is 1. The zero-order valence-electron chi connectivity index (χ0n) is 15.2. The van der Waals surface area contributed by atoms with E-state index < -0.39 is 9.84 Å². The Labute approximate surface area is 177 Å². The third-order valence-corrected chi connectivity index (χ3v) is 6.25. The van der Waals surface area contributed by atoms with Gasteiger partial charge < -0.3 is 10.2 Å². The largest absolute Gasteiger partial charge is 0.354 e. The van der Waals surface area contributed by atoms with Crippen LogP contribution in [0.2, 0.25) is 5.02 Å². The van der Waals surface area contributed by atoms with Crippen LogP contribution in [-0.4, -0.2) is 50.4 Å². The normalized spacial score (nSPS) is 19.3. The van der Waals surface area contributed by atoms with Crippen LogP contribution in [0.25, 0.3) is 0 Å². The molecule has 0 aromatic heterocycles. The quantitative estimate of drug-likeness (QED) is 0.370. The second-order valence-electron chi connectivity index (χ2n) is 6.79. The van der Waals surface area contributed by atoms with Crippen molar-refractivity contribution in [2.45, 2.75) is 32.9 Å². The minimum atomic E-state index is -2.92. The first-order valence-corrected chi connectivity index (χ1v) is 10.5. The smallest absolute Gasteiger partial charge is 0.194 e. The zero-order chi connectivity index (χ0) is 18.6. The number of guanidine groups is 1. The molecule has 0 amide bonds. The number of aliphatic imine (C=N–C) groups is 1. The fourth-order valence-electron chi connectivity index (χ4n) is 2.76. The number of rotatable bonds is 5. The Hall–Kier alpha value is -0.610. The third kappa shape index (κ3) is 6.84. The molecule has 0 bridgehead atoms. The molecule has 9 heteroatoms. The van der Waals surface area contributed by atoms with Gasteiger partial charge >= 0.3 is 0 Å². The molecule has 1 N–H and O–H groups in total. The van der Waals surface area contributed by atoms with E-state index in [9.17, 15) is 12.8 Å². The Morgan fingerprint density at radius 3 is 2.69 bits per heavy atom. The topological polar surface area (TPSA) is 61.8 Å². The summed E-state index contributed by atoms with van der Waals surface area (Å²) in [5.41, 5.74) is 0.411. The van der Waals surface area contributed by atoms with Gasteiger partial charge in [0, 0.05) is 36.8 Å². The molecule has 1 saturated heterocycles. The van der Waals surface area contributed by atoms with Gasteiger partial charge in [0.2, 0.25) is 0 Å². The molecule has 26 heavy (non-hydrogen) atoms. The molecule has 1 aromatic carbocycles. The number of nitrogens with zero attached hydrogens (tertiary/aromatic N) is 2. The van der Waals surface area contributed by atoms with Crippen molar-refractivity contribution < 1.29 is 12.8 Å². The van der Waals surface area contributed by atoms with E-state index in [1.54, 1.807) is 17.0 Å². The van der Waals surface area contributed by atoms with Gasteiger partial charge in [-0.25, -0.2) is 12.8 Å². The average Bonchev–Trinajstić information content (AvgIpc) is 2.86. The summed E-state index contributed by atoms with van der Waals surface area (Å²) in [5.74, 6) is 0.720. The van der Waals surface area contributed by atoms with Crippen molar-refractivity contribution in [3.8, 4) is 0 Å². The lowest BCUT2D eigenvalue weighted by Crippen LogP contribution is -2.42. The fourth-order valence-corrected chi connectivity index (χ4v) is 4.83. The summed E-state index contributed by atoms with van der Waals surface area (Å²) in [6.07, 6.45) is 0.643. The zero-order valence-corrected chi connectivity index (χ0v) is 19.1. The summed E-state index contributed by atoms with van der Waals surface area (Å²) in [6, 6.07) is 4.75. The lowest BCUT2D eigenvalue weighted by Gasteiger charge is -2.25. The molecule has 0 saturated carbocycles. The van der Waals surface area contributed by atoms with Gasteiger partial charge in [0.25, 0.3) is 0 Å². The van der Waals surface area contributed by atoms with Gasteiger partial charge in [-0.15, -0.1) is 24.0 Å². The van der Waals surface area contributed by atoms with Gasteiger partial charge in [-0.3, -0.25) is 4.99 Å². The Morgan fingerprint density at radius 1 is 1.46 bits per heavy atom. The van der Waals surface area contributed by atoms with Crippen LogP contribution in [0.5, 0.6) is 0 Å². The van der Waals surface area contributed by atoms with Gasteiger partial charge in [-0.2, -0.15) is 0 Å². The van der Waals surface area contributed by atoms with Crippen LogP contribution >= 0.6 is 35.6 Å². The minimum Gasteiger partial charge on any atom is -0.354 e. The van der Waals surface area contributed by atoms with Gasteiger partial charge in [-0.1, -0.05) is 17.7 Å². The predicted octanol–water partition coefficient (Wildman–Crippen LogP) is 3.32. The van der Waals surface area contributed by atoms with Crippen LogP contribution in [0.4, 0.5) is 4.39 Å². The maximum Gasteiger partial charge on any atom is 0.194 e. The maximum atomic E-state index is 14.0. The number of hydrogen-bond acceptors (Lipinski definition) is 3. The molecule has 0 aliphatic carbocycles. The first-order valence-electron chi connectivity index (χ1n) is 8.33. The summed E-state index contributed by atoms with van der Waals surface area (Å²) in [5, 5.41) is 3.62. The van der Waals surface area contributed by atoms with E-state index in [0.717, 1.165) is 0 Å². The van der Waals surface area contributed by atoms with E-state index in [1.807, 2.05) is 20.9 Å². The van der Waals surface area contributed by atoms with Crippen molar-refractivity contribution in [3.63, 3.8) is 0 Å². The summed E-state index contributed by atoms with van der Waals surface area (Å²) >= 11 is 6.10. The monoisotopic (exact) mass is 517 g/mol. The van der Waals surface area contributed by atoms with Gasteiger partial charge in [0.15, 0.2) is 15.8 Å². The molecule has 1 aromatic rings. The Morgan fingerprint density at radius 2 is 2.15 bits per heavy atom. The highest BCUT2D eigenvalue weighted by molar-refractivity contribution is 14.0. The van der Waals surface area contributed by atoms with E-state index in [2.05, 4.69) is 10.3 Å². The molecule has 1 aliphatic heterocycles. The van der Waals surface area contributed by atoms with Crippen molar-refractivity contribution in [2.75, 3.05) is 25.1 Å². The second-order valence-corrected chi connectivity index (χ2v) is 9.42. The summed E-state index contributed by atoms with van der Waals surface area (Å²) in [6.45, 7) is 4.68. The van der Waals surface area contributed by atoms with E-state index in [0.29, 0.717) is 29.5 Å². The molecule has 0 radical (unpaired) electrons. The first-order chi connectivity index (χ1) is 11.7. The van der Waals surface area contributed by atoms with Gasteiger partial charge in [-0.05, 0) is 38.3 Å². The molecule has 2 rings (SSSR count). The number of sulfone groups is 1. The molecule has 1 fully saturated rings. The number of nitrogens with one attached hydrogen (secondary N) is 1. The lowest BCUT2D eigenvalue weighted by atomic mass is 10.1. The van der Waals surface area contributed by atoms with Gasteiger partial charge in [0.05, 0.1) is 11.5 Å². The molecule has 1 unspecified atom stereocenters. The maximum absolute atomic E-state index is 14.0. The summed E-state index contributed by atoms with van der Waals surface area (Å²) in [7, 11) is -1.11. The predicted molar refractivity (Wildman–Crippen MR) is 116 cm³/mol. The molecule has 1 heterocycles. The lowest BCUT2D eigenvalue weighted by molar-refractivity contribution is 0.449. The van der Waals surface area contributed by atoms with E-state index in [4.69, 9.17) is 11.6 Å². The third-order valence-electron chi connectivity index (χ3n) is 4.06. The standard InChI is InChI=1S/C17H25ClFN3O2S.HI/c1-12(2)21-17(20-9-13-7-8-25(23,24)11-13)22(3)10-14-15(18)5-4-6-16(14)19;/h4-6,12-13H,7-11H2,1-3H3,(H,20,21);1H. The minimum absolute atomic E-state index is 0. The van der Waals surface area contributed by atoms with Crippen molar-refractivity contribution in [1.82, 2.24) is 10.2 Å². The van der Waals surface area contributed by atoms with Crippen molar-refractivity contribution in [3.05, 3.63) is 34.6 Å². The van der Waals surface area contributed by atoms with Crippen LogP contribution in [0, 0.1) is 11.7 Å². The summed E-state index contributed by atoms with van der Waals surface area (Å²) < 4.78 is 37.2. The molecule has 148 valence electrons. The van der Waals surface area contributed by atoms with Gasteiger partial charge in [0.1, 0.15) is 5.82 Å². The first kappa shape index (κ1) is 23.4. The summed E-state index contributed by atoms with van der Waals surface area (Å²) in [4.78, 5) is 6.37. The number of halogens is 3. The number of hydrogen-bond donors (Lipinski definition) is 1. The van der Waals surface area contributed by atoms with Crippen LogP contribution in [0.3, 0.4) is 0 Å². The van der Waals surface area contributed by atoms with Crippen LogP contribution < -0.4 is 5.32 Å². The highest BCUT2D eigenvalue weighted by atomic mass is 127. The second kappa shape index (κ2) is 10.1. The SMILES string of the molecule is CC(C)NC(=NCC1CCS(=O)(=O)C1)N(C)Cc1c(F)cccc1Cl.I. The Kier molecular flexibility index (Phi) is 9.08. The highest BCUT2D eigenvalue weighted by Crippen LogP contribution is 2.21. The average molecular weight is 518 g/mol. The van der Waals surface area contributed by atoms with Crippen LogP contribution in [-0.2, 0) is 16.4 Å². The highest BCUT2D eigenvalue weighted by Gasteiger charge is 2.27. The Bertz CT molecular complexity index is 723. The van der Waals surface area contributed by atoms with Crippen LogP contribution in [0.1, 0.15) is 25.8 Å². The van der Waals surface area contributed by atoms with Crippen LogP contribution in [0.15, 0.2) is 23.2 Å².